The predicted octanol–water partition coefficient (Wildman–Crippen LogP) is 5.59. The summed E-state index contributed by atoms with van der Waals surface area (Å²) in [4.78, 5) is 13.7. The molecule has 8 heteroatoms. The van der Waals surface area contributed by atoms with Crippen LogP contribution in [0.15, 0.2) is 70.1 Å². The Bertz CT molecular complexity index is 1430. The second-order valence-corrected chi connectivity index (χ2v) is 8.35. The first-order chi connectivity index (χ1) is 17.1. The number of ether oxygens (including phenoxy) is 5. The van der Waals surface area contributed by atoms with Gasteiger partial charge in [-0.1, -0.05) is 6.07 Å². The normalized spacial score (nSPS) is 16.9. The second kappa shape index (κ2) is 8.88. The molecule has 1 fully saturated rings. The fourth-order valence-electron chi connectivity index (χ4n) is 4.20. The number of hydrogen-bond donors (Lipinski definition) is 1. The third kappa shape index (κ3) is 4.24. The highest BCUT2D eigenvalue weighted by Gasteiger charge is 2.21. The van der Waals surface area contributed by atoms with Crippen molar-refractivity contribution in [1.29, 1.82) is 0 Å². The Morgan fingerprint density at radius 2 is 1.77 bits per heavy atom. The number of hydrogen-bond acceptors (Lipinski definition) is 8. The molecular formula is C27H22O8. The predicted molar refractivity (Wildman–Crippen MR) is 126 cm³/mol. The molecule has 1 atom stereocenters. The minimum absolute atomic E-state index is 0.110. The zero-order valence-corrected chi connectivity index (χ0v) is 18.7. The van der Waals surface area contributed by atoms with Gasteiger partial charge in [0, 0.05) is 18.6 Å². The van der Waals surface area contributed by atoms with Gasteiger partial charge in [-0.05, 0) is 54.8 Å². The number of phenolic OH excluding ortho intramolecular Hbond substituents is 1. The SMILES string of the molecule is O=c1c(-c2ccc3c(c2)OCO3)coc2cc(OC3CCCCO3)cc(Oc3ccc(O)cc3)c12. The van der Waals surface area contributed by atoms with Crippen molar-refractivity contribution in [3.05, 3.63) is 71.1 Å². The van der Waals surface area contributed by atoms with E-state index in [0.717, 1.165) is 19.3 Å². The Morgan fingerprint density at radius 3 is 2.60 bits per heavy atom. The van der Waals surface area contributed by atoms with E-state index < -0.39 is 0 Å². The molecule has 1 saturated heterocycles. The van der Waals surface area contributed by atoms with Gasteiger partial charge in [0.15, 0.2) is 17.8 Å². The van der Waals surface area contributed by atoms with Crippen molar-refractivity contribution in [3.63, 3.8) is 0 Å². The van der Waals surface area contributed by atoms with Crippen LogP contribution in [0.4, 0.5) is 0 Å². The molecular weight excluding hydrogens is 452 g/mol. The highest BCUT2D eigenvalue weighted by atomic mass is 16.7. The molecule has 4 aromatic rings. The smallest absolute Gasteiger partial charge is 0.231 e. The van der Waals surface area contributed by atoms with Gasteiger partial charge in [-0.15, -0.1) is 0 Å². The quantitative estimate of drug-likeness (QED) is 0.400. The third-order valence-electron chi connectivity index (χ3n) is 5.97. The molecule has 0 radical (unpaired) electrons. The Balaban J connectivity index is 1.45. The van der Waals surface area contributed by atoms with Crippen LogP contribution < -0.4 is 24.4 Å². The topological polar surface area (TPSA) is 96.6 Å². The van der Waals surface area contributed by atoms with E-state index in [-0.39, 0.29) is 35.4 Å². The fourth-order valence-corrected chi connectivity index (χ4v) is 4.20. The zero-order valence-electron chi connectivity index (χ0n) is 18.7. The average Bonchev–Trinajstić information content (AvgIpc) is 3.34. The van der Waals surface area contributed by atoms with E-state index in [0.29, 0.717) is 46.3 Å². The minimum atomic E-state index is -0.373. The zero-order chi connectivity index (χ0) is 23.8. The van der Waals surface area contributed by atoms with E-state index in [9.17, 15) is 9.90 Å². The number of benzene rings is 3. The van der Waals surface area contributed by atoms with Gasteiger partial charge in [-0.3, -0.25) is 4.79 Å². The summed E-state index contributed by atoms with van der Waals surface area (Å²) in [6, 6.07) is 14.9. The van der Waals surface area contributed by atoms with E-state index in [4.69, 9.17) is 28.1 Å². The van der Waals surface area contributed by atoms with Crippen LogP contribution in [0.25, 0.3) is 22.1 Å². The standard InChI is InChI=1S/C27H22O8/c28-17-5-7-18(8-6-17)34-24-13-19(35-25-3-1-2-10-30-25)12-23-26(24)27(29)20(14-31-23)16-4-9-21-22(11-16)33-15-32-21/h4-9,11-14,25,28H,1-3,10,15H2. The number of aromatic hydroxyl groups is 1. The summed E-state index contributed by atoms with van der Waals surface area (Å²) in [5, 5.41) is 9.89. The van der Waals surface area contributed by atoms with Crippen LogP contribution in [0.3, 0.4) is 0 Å². The van der Waals surface area contributed by atoms with Crippen molar-refractivity contribution in [1.82, 2.24) is 0 Å². The minimum Gasteiger partial charge on any atom is -0.508 e. The lowest BCUT2D eigenvalue weighted by Crippen LogP contribution is -2.25. The van der Waals surface area contributed by atoms with Gasteiger partial charge in [0.25, 0.3) is 0 Å². The van der Waals surface area contributed by atoms with E-state index in [1.807, 2.05) is 0 Å². The highest BCUT2D eigenvalue weighted by molar-refractivity contribution is 5.89. The molecule has 0 bridgehead atoms. The Kier molecular flexibility index (Phi) is 5.42. The molecule has 35 heavy (non-hydrogen) atoms. The number of phenols is 1. The van der Waals surface area contributed by atoms with E-state index in [2.05, 4.69) is 0 Å². The van der Waals surface area contributed by atoms with Crippen LogP contribution >= 0.6 is 0 Å². The first-order valence-corrected chi connectivity index (χ1v) is 11.4. The molecule has 1 aromatic heterocycles. The lowest BCUT2D eigenvalue weighted by Gasteiger charge is -2.23. The summed E-state index contributed by atoms with van der Waals surface area (Å²) >= 11 is 0. The summed E-state index contributed by atoms with van der Waals surface area (Å²) < 4.78 is 34.6. The second-order valence-electron chi connectivity index (χ2n) is 8.35. The molecule has 3 aromatic carbocycles. The maximum atomic E-state index is 13.7. The summed E-state index contributed by atoms with van der Waals surface area (Å²) in [5.74, 6) is 2.50. The molecule has 1 unspecified atom stereocenters. The van der Waals surface area contributed by atoms with Gasteiger partial charge in [0.05, 0.1) is 12.2 Å². The molecule has 0 spiro atoms. The highest BCUT2D eigenvalue weighted by Crippen LogP contribution is 2.38. The van der Waals surface area contributed by atoms with Crippen molar-refractivity contribution in [2.75, 3.05) is 13.4 Å². The maximum Gasteiger partial charge on any atom is 0.231 e. The lowest BCUT2D eigenvalue weighted by atomic mass is 10.0. The first kappa shape index (κ1) is 21.4. The van der Waals surface area contributed by atoms with Crippen LogP contribution in [-0.2, 0) is 4.74 Å². The molecule has 0 aliphatic carbocycles. The van der Waals surface area contributed by atoms with E-state index in [1.165, 1.54) is 18.4 Å². The Labute approximate surface area is 200 Å². The lowest BCUT2D eigenvalue weighted by molar-refractivity contribution is -0.105. The maximum absolute atomic E-state index is 13.7. The molecule has 1 N–H and O–H groups in total. The largest absolute Gasteiger partial charge is 0.508 e. The van der Waals surface area contributed by atoms with Gasteiger partial charge < -0.3 is 33.2 Å². The molecule has 2 aliphatic heterocycles. The molecule has 8 nitrogen and oxygen atoms in total. The van der Waals surface area contributed by atoms with Crippen LogP contribution in [-0.4, -0.2) is 24.8 Å². The molecule has 2 aliphatic rings. The van der Waals surface area contributed by atoms with Crippen molar-refractivity contribution < 1.29 is 33.2 Å². The van der Waals surface area contributed by atoms with Crippen molar-refractivity contribution in [2.24, 2.45) is 0 Å². The van der Waals surface area contributed by atoms with Gasteiger partial charge in [-0.25, -0.2) is 0 Å². The van der Waals surface area contributed by atoms with Gasteiger partial charge in [0.2, 0.25) is 12.2 Å². The van der Waals surface area contributed by atoms with Gasteiger partial charge in [-0.2, -0.15) is 0 Å². The fraction of sp³-hybridized carbons (Fsp3) is 0.222. The number of rotatable bonds is 5. The number of fused-ring (bicyclic) bond motifs is 2. The Hall–Kier alpha value is -4.17. The first-order valence-electron chi connectivity index (χ1n) is 11.4. The third-order valence-corrected chi connectivity index (χ3v) is 5.97. The van der Waals surface area contributed by atoms with E-state index in [1.54, 1.807) is 42.5 Å². The van der Waals surface area contributed by atoms with E-state index >= 15 is 0 Å². The molecule has 0 amide bonds. The molecule has 6 rings (SSSR count). The molecule has 0 saturated carbocycles. The monoisotopic (exact) mass is 474 g/mol. The average molecular weight is 474 g/mol. The van der Waals surface area contributed by atoms with Crippen LogP contribution in [0.5, 0.6) is 34.5 Å². The summed E-state index contributed by atoms with van der Waals surface area (Å²) in [6.45, 7) is 0.784. The van der Waals surface area contributed by atoms with Crippen LogP contribution in [0.2, 0.25) is 0 Å². The van der Waals surface area contributed by atoms with Crippen molar-refractivity contribution in [3.8, 4) is 45.6 Å². The molecule has 3 heterocycles. The van der Waals surface area contributed by atoms with Gasteiger partial charge in [0.1, 0.15) is 40.2 Å². The summed E-state index contributed by atoms with van der Waals surface area (Å²) in [6.07, 6.45) is 3.85. The summed E-state index contributed by atoms with van der Waals surface area (Å²) in [5.41, 5.74) is 1.05. The van der Waals surface area contributed by atoms with Gasteiger partial charge >= 0.3 is 0 Å². The Morgan fingerprint density at radius 1 is 0.914 bits per heavy atom. The van der Waals surface area contributed by atoms with Crippen LogP contribution in [0.1, 0.15) is 19.3 Å². The van der Waals surface area contributed by atoms with Crippen molar-refractivity contribution in [2.45, 2.75) is 25.6 Å². The van der Waals surface area contributed by atoms with Crippen molar-refractivity contribution >= 4 is 11.0 Å². The van der Waals surface area contributed by atoms with Crippen LogP contribution in [0, 0.1) is 0 Å². The molecule has 178 valence electrons. The summed E-state index contributed by atoms with van der Waals surface area (Å²) in [7, 11) is 0.